The maximum Gasteiger partial charge on any atom is 0.321 e. The van der Waals surface area contributed by atoms with Crippen LogP contribution in [0.5, 0.6) is 0 Å². The lowest BCUT2D eigenvalue weighted by molar-refractivity contribution is 0.230. The highest BCUT2D eigenvalue weighted by molar-refractivity contribution is 6.31. The number of amides is 2. The van der Waals surface area contributed by atoms with E-state index in [-0.39, 0.29) is 6.03 Å². The molecule has 0 aliphatic heterocycles. The van der Waals surface area contributed by atoms with Crippen molar-refractivity contribution in [1.82, 2.24) is 4.90 Å². The Morgan fingerprint density at radius 2 is 2.20 bits per heavy atom. The molecule has 0 atom stereocenters. The van der Waals surface area contributed by atoms with Gasteiger partial charge in [0.15, 0.2) is 0 Å². The first kappa shape index (κ1) is 11.3. The second-order valence-corrected chi connectivity index (χ2v) is 3.56. The number of hydrogen-bond donors (Lipinski definition) is 1. The van der Waals surface area contributed by atoms with Gasteiger partial charge in [0.05, 0.1) is 11.3 Å². The molecule has 1 aromatic carbocycles. The molecule has 2 amide bonds. The molecule has 5 heteroatoms. The molecule has 78 valence electrons. The van der Waals surface area contributed by atoms with Gasteiger partial charge < -0.3 is 10.2 Å². The molecule has 4 nitrogen and oxygen atoms in total. The molecule has 0 saturated heterocycles. The van der Waals surface area contributed by atoms with E-state index in [4.69, 9.17) is 16.9 Å². The molecule has 0 fully saturated rings. The number of halogens is 1. The number of anilines is 1. The van der Waals surface area contributed by atoms with Gasteiger partial charge in [-0.2, -0.15) is 5.26 Å². The molecule has 1 aromatic rings. The fourth-order valence-corrected chi connectivity index (χ4v) is 1.12. The molecule has 0 aliphatic carbocycles. The Kier molecular flexibility index (Phi) is 3.53. The Labute approximate surface area is 93.1 Å². The summed E-state index contributed by atoms with van der Waals surface area (Å²) in [6.45, 7) is 0. The lowest BCUT2D eigenvalue weighted by Crippen LogP contribution is -2.27. The summed E-state index contributed by atoms with van der Waals surface area (Å²) in [4.78, 5) is 12.7. The largest absolute Gasteiger partial charge is 0.331 e. The zero-order valence-electron chi connectivity index (χ0n) is 8.41. The summed E-state index contributed by atoms with van der Waals surface area (Å²) in [5.74, 6) is 0. The Bertz CT molecular complexity index is 423. The third-order valence-electron chi connectivity index (χ3n) is 1.75. The third-order valence-corrected chi connectivity index (χ3v) is 1.98. The SMILES string of the molecule is CN(C)C(=O)Nc1cc(Cl)ccc1C#N. The van der Waals surface area contributed by atoms with Crippen LogP contribution in [0, 0.1) is 11.3 Å². The quantitative estimate of drug-likeness (QED) is 0.794. The fraction of sp³-hybridized carbons (Fsp3) is 0.200. The minimum absolute atomic E-state index is 0.297. The van der Waals surface area contributed by atoms with Gasteiger partial charge in [-0.3, -0.25) is 0 Å². The van der Waals surface area contributed by atoms with Crippen LogP contribution in [-0.2, 0) is 0 Å². The van der Waals surface area contributed by atoms with Crippen LogP contribution in [-0.4, -0.2) is 25.0 Å². The topological polar surface area (TPSA) is 56.1 Å². The van der Waals surface area contributed by atoms with Crippen molar-refractivity contribution >= 4 is 23.3 Å². The summed E-state index contributed by atoms with van der Waals surface area (Å²) in [5.41, 5.74) is 0.804. The summed E-state index contributed by atoms with van der Waals surface area (Å²) < 4.78 is 0. The first-order valence-corrected chi connectivity index (χ1v) is 4.60. The first-order valence-electron chi connectivity index (χ1n) is 4.22. The van der Waals surface area contributed by atoms with E-state index in [1.807, 2.05) is 6.07 Å². The van der Waals surface area contributed by atoms with Crippen LogP contribution in [0.2, 0.25) is 5.02 Å². The molecular weight excluding hydrogens is 214 g/mol. The monoisotopic (exact) mass is 223 g/mol. The molecule has 1 N–H and O–H groups in total. The number of nitrogens with zero attached hydrogens (tertiary/aromatic N) is 2. The van der Waals surface area contributed by atoms with Gasteiger partial charge >= 0.3 is 6.03 Å². The van der Waals surface area contributed by atoms with Crippen molar-refractivity contribution in [3.05, 3.63) is 28.8 Å². The smallest absolute Gasteiger partial charge is 0.321 e. The maximum absolute atomic E-state index is 11.4. The lowest BCUT2D eigenvalue weighted by atomic mass is 10.2. The van der Waals surface area contributed by atoms with Crippen LogP contribution in [0.25, 0.3) is 0 Å². The number of nitrogens with one attached hydrogen (secondary N) is 1. The predicted molar refractivity (Wildman–Crippen MR) is 58.9 cm³/mol. The van der Waals surface area contributed by atoms with Crippen LogP contribution in [0.3, 0.4) is 0 Å². The third kappa shape index (κ3) is 2.86. The molecular formula is C10H10ClN3O. The van der Waals surface area contributed by atoms with Crippen molar-refractivity contribution in [2.45, 2.75) is 0 Å². The molecule has 0 bridgehead atoms. The minimum Gasteiger partial charge on any atom is -0.331 e. The number of nitriles is 1. The standard InChI is InChI=1S/C10H10ClN3O/c1-14(2)10(15)13-9-5-8(11)4-3-7(9)6-12/h3-5H,1-2H3,(H,13,15). The van der Waals surface area contributed by atoms with Gasteiger partial charge in [-0.05, 0) is 18.2 Å². The molecule has 0 heterocycles. The van der Waals surface area contributed by atoms with Crippen molar-refractivity contribution in [1.29, 1.82) is 5.26 Å². The van der Waals surface area contributed by atoms with E-state index in [2.05, 4.69) is 5.32 Å². The van der Waals surface area contributed by atoms with Crippen LogP contribution in [0.1, 0.15) is 5.56 Å². The highest BCUT2D eigenvalue weighted by Gasteiger charge is 2.08. The van der Waals surface area contributed by atoms with Gasteiger partial charge in [-0.1, -0.05) is 11.6 Å². The normalized spacial score (nSPS) is 9.20. The Hall–Kier alpha value is -1.73. The average molecular weight is 224 g/mol. The summed E-state index contributed by atoms with van der Waals surface area (Å²) in [7, 11) is 3.23. The van der Waals surface area contributed by atoms with Crippen LogP contribution >= 0.6 is 11.6 Å². The predicted octanol–water partition coefficient (Wildman–Crippen LogP) is 2.31. The van der Waals surface area contributed by atoms with Crippen molar-refractivity contribution in [3.8, 4) is 6.07 Å². The van der Waals surface area contributed by atoms with E-state index >= 15 is 0 Å². The van der Waals surface area contributed by atoms with Gasteiger partial charge in [-0.15, -0.1) is 0 Å². The van der Waals surface area contributed by atoms with Gasteiger partial charge in [0.1, 0.15) is 6.07 Å². The Morgan fingerprint density at radius 1 is 1.53 bits per heavy atom. The molecule has 1 rings (SSSR count). The molecule has 0 aliphatic rings. The van der Waals surface area contributed by atoms with Crippen molar-refractivity contribution in [3.63, 3.8) is 0 Å². The molecule has 0 spiro atoms. The van der Waals surface area contributed by atoms with Crippen molar-refractivity contribution in [2.24, 2.45) is 0 Å². The van der Waals surface area contributed by atoms with Gasteiger partial charge in [0, 0.05) is 19.1 Å². The fourth-order valence-electron chi connectivity index (χ4n) is 0.944. The number of benzene rings is 1. The molecule has 0 unspecified atom stereocenters. The van der Waals surface area contributed by atoms with E-state index < -0.39 is 0 Å². The lowest BCUT2D eigenvalue weighted by Gasteiger charge is -2.12. The first-order chi connectivity index (χ1) is 7.04. The van der Waals surface area contributed by atoms with E-state index in [0.29, 0.717) is 16.3 Å². The zero-order chi connectivity index (χ0) is 11.4. The van der Waals surface area contributed by atoms with Gasteiger partial charge in [0.25, 0.3) is 0 Å². The molecule has 0 radical (unpaired) electrons. The summed E-state index contributed by atoms with van der Waals surface area (Å²) >= 11 is 5.76. The minimum atomic E-state index is -0.297. The van der Waals surface area contributed by atoms with Gasteiger partial charge in [0.2, 0.25) is 0 Å². The highest BCUT2D eigenvalue weighted by Crippen LogP contribution is 2.20. The average Bonchev–Trinajstić information content (AvgIpc) is 2.18. The second-order valence-electron chi connectivity index (χ2n) is 3.13. The molecule has 15 heavy (non-hydrogen) atoms. The van der Waals surface area contributed by atoms with Crippen LogP contribution in [0.15, 0.2) is 18.2 Å². The van der Waals surface area contributed by atoms with E-state index in [1.54, 1.807) is 32.3 Å². The second kappa shape index (κ2) is 4.67. The van der Waals surface area contributed by atoms with Crippen molar-refractivity contribution in [2.75, 3.05) is 19.4 Å². The number of hydrogen-bond acceptors (Lipinski definition) is 2. The van der Waals surface area contributed by atoms with E-state index in [9.17, 15) is 4.79 Å². The maximum atomic E-state index is 11.4. The van der Waals surface area contributed by atoms with Gasteiger partial charge in [-0.25, -0.2) is 4.79 Å². The Morgan fingerprint density at radius 3 is 2.73 bits per heavy atom. The molecule has 0 aromatic heterocycles. The summed E-state index contributed by atoms with van der Waals surface area (Å²) in [6, 6.07) is 6.39. The number of rotatable bonds is 1. The molecule has 0 saturated carbocycles. The van der Waals surface area contributed by atoms with Crippen molar-refractivity contribution < 1.29 is 4.79 Å². The van der Waals surface area contributed by atoms with Crippen LogP contribution in [0.4, 0.5) is 10.5 Å². The zero-order valence-corrected chi connectivity index (χ0v) is 9.17. The van der Waals surface area contributed by atoms with Crippen LogP contribution < -0.4 is 5.32 Å². The summed E-state index contributed by atoms with van der Waals surface area (Å²) in [6.07, 6.45) is 0. The van der Waals surface area contributed by atoms with E-state index in [1.165, 1.54) is 4.90 Å². The number of carbonyl (C=O) groups excluding carboxylic acids is 1. The van der Waals surface area contributed by atoms with E-state index in [0.717, 1.165) is 0 Å². The number of carbonyl (C=O) groups is 1. The highest BCUT2D eigenvalue weighted by atomic mass is 35.5. The number of urea groups is 1. The summed E-state index contributed by atoms with van der Waals surface area (Å²) in [5, 5.41) is 11.9. The Balaban J connectivity index is 2.98.